The first-order valence-corrected chi connectivity index (χ1v) is 8.76. The van der Waals surface area contributed by atoms with Gasteiger partial charge in [-0.25, -0.2) is 0 Å². The predicted octanol–water partition coefficient (Wildman–Crippen LogP) is 6.01. The van der Waals surface area contributed by atoms with Gasteiger partial charge >= 0.3 is 0 Å². The number of Topliss-reactive ketones (excluding diaryl/α,β-unsaturated/α-hetero) is 1. The van der Waals surface area contributed by atoms with E-state index in [0.29, 0.717) is 11.5 Å². The molecule has 0 atom stereocenters. The second-order valence-electron chi connectivity index (χ2n) is 6.80. The number of nitrogens with zero attached hydrogens (tertiary/aromatic N) is 1. The summed E-state index contributed by atoms with van der Waals surface area (Å²) in [7, 11) is 0. The van der Waals surface area contributed by atoms with Gasteiger partial charge in [-0.3, -0.25) is 4.79 Å². The van der Waals surface area contributed by atoms with E-state index in [9.17, 15) is 10.1 Å². The van der Waals surface area contributed by atoms with Crippen LogP contribution in [-0.2, 0) is 0 Å². The van der Waals surface area contributed by atoms with Gasteiger partial charge in [-0.15, -0.1) is 0 Å². The van der Waals surface area contributed by atoms with Gasteiger partial charge in [0.2, 0.25) is 5.78 Å². The Balaban J connectivity index is 2.08. The zero-order chi connectivity index (χ0) is 18.7. The number of carbonyl (C=O) groups excluding carboxylic acids is 1. The summed E-state index contributed by atoms with van der Waals surface area (Å²) in [6.07, 6.45) is 1.65. The van der Waals surface area contributed by atoms with Gasteiger partial charge in [-0.2, -0.15) is 5.26 Å². The molecule has 0 spiro atoms. The molecular weight excluding hydrogens is 318 g/mol. The van der Waals surface area contributed by atoms with E-state index in [1.54, 1.807) is 6.08 Å². The summed E-state index contributed by atoms with van der Waals surface area (Å²) in [5, 5.41) is 9.53. The second kappa shape index (κ2) is 7.37. The third-order valence-corrected chi connectivity index (χ3v) is 4.62. The highest BCUT2D eigenvalue weighted by atomic mass is 16.1. The first kappa shape index (κ1) is 17.6. The number of carbonyl (C=O) groups is 1. The number of rotatable bonds is 4. The van der Waals surface area contributed by atoms with Crippen LogP contribution in [0.4, 0.5) is 0 Å². The standard InChI is InChI=1S/C24H21NO/c1-16(2)19-10-7-11-21-22(14-19)17(3)12-23(21)24(26)20(15-25)13-18-8-5-4-6-9-18/h4-14,16H,1-3H3/b20-13+. The normalized spacial score (nSPS) is 11.6. The van der Waals surface area contributed by atoms with E-state index in [0.717, 1.165) is 22.3 Å². The highest BCUT2D eigenvalue weighted by molar-refractivity contribution is 6.18. The van der Waals surface area contributed by atoms with Gasteiger partial charge in [0.1, 0.15) is 11.6 Å². The van der Waals surface area contributed by atoms with Gasteiger partial charge in [0.05, 0.1) is 0 Å². The summed E-state index contributed by atoms with van der Waals surface area (Å²) in [6.45, 7) is 6.32. The summed E-state index contributed by atoms with van der Waals surface area (Å²) >= 11 is 0. The smallest absolute Gasteiger partial charge is 0.204 e. The molecule has 26 heavy (non-hydrogen) atoms. The highest BCUT2D eigenvalue weighted by Crippen LogP contribution is 2.34. The molecule has 0 aromatic heterocycles. The third kappa shape index (κ3) is 3.43. The summed E-state index contributed by atoms with van der Waals surface area (Å²) in [4.78, 5) is 13.0. The lowest BCUT2D eigenvalue weighted by Crippen LogP contribution is -2.01. The summed E-state index contributed by atoms with van der Waals surface area (Å²) in [5.74, 6) is 0.179. The summed E-state index contributed by atoms with van der Waals surface area (Å²) in [5.41, 5.74) is 5.84. The van der Waals surface area contributed by atoms with E-state index in [4.69, 9.17) is 0 Å². The molecule has 0 saturated heterocycles. The average molecular weight is 339 g/mol. The van der Waals surface area contributed by atoms with E-state index in [2.05, 4.69) is 32.0 Å². The average Bonchev–Trinajstić information content (AvgIpc) is 2.82. The number of benzene rings is 1. The van der Waals surface area contributed by atoms with Crippen molar-refractivity contribution < 1.29 is 4.79 Å². The maximum absolute atomic E-state index is 13.0. The van der Waals surface area contributed by atoms with Crippen LogP contribution in [0, 0.1) is 18.3 Å². The fraction of sp³-hybridized carbons (Fsp3) is 0.167. The van der Waals surface area contributed by atoms with Gasteiger partial charge in [-0.1, -0.05) is 68.4 Å². The minimum atomic E-state index is -0.230. The molecule has 0 saturated carbocycles. The third-order valence-electron chi connectivity index (χ3n) is 4.62. The zero-order valence-corrected chi connectivity index (χ0v) is 15.3. The molecule has 0 radical (unpaired) electrons. The van der Waals surface area contributed by atoms with Crippen molar-refractivity contribution >= 4 is 11.9 Å². The molecule has 0 unspecified atom stereocenters. The van der Waals surface area contributed by atoms with Crippen LogP contribution < -0.4 is 0 Å². The van der Waals surface area contributed by atoms with Gasteiger partial charge in [0.15, 0.2) is 0 Å². The molecule has 3 rings (SSSR count). The Morgan fingerprint density at radius 3 is 2.38 bits per heavy atom. The SMILES string of the molecule is Cc1cc(C(=O)/C(C#N)=C/c2ccccc2)c2cccc(C(C)C)cc1-2. The maximum Gasteiger partial charge on any atom is 0.204 e. The number of hydrogen-bond acceptors (Lipinski definition) is 2. The van der Waals surface area contributed by atoms with Crippen LogP contribution in [0.5, 0.6) is 0 Å². The Hall–Kier alpha value is -3.18. The Bertz CT molecular complexity index is 991. The summed E-state index contributed by atoms with van der Waals surface area (Å²) in [6, 6.07) is 21.6. The zero-order valence-electron chi connectivity index (χ0n) is 15.3. The van der Waals surface area contributed by atoms with E-state index in [-0.39, 0.29) is 11.4 Å². The van der Waals surface area contributed by atoms with Gasteiger partial charge in [-0.05, 0) is 52.8 Å². The Morgan fingerprint density at radius 1 is 1.00 bits per heavy atom. The molecular formula is C24H21NO. The molecule has 0 heterocycles. The first-order chi connectivity index (χ1) is 12.5. The van der Waals surface area contributed by atoms with E-state index in [1.807, 2.05) is 55.5 Å². The number of hydrogen-bond donors (Lipinski definition) is 0. The van der Waals surface area contributed by atoms with Crippen molar-refractivity contribution in [1.82, 2.24) is 0 Å². The topological polar surface area (TPSA) is 40.9 Å². The fourth-order valence-electron chi connectivity index (χ4n) is 3.13. The Kier molecular flexibility index (Phi) is 5.00. The van der Waals surface area contributed by atoms with E-state index in [1.165, 1.54) is 5.56 Å². The quantitative estimate of drug-likeness (QED) is 0.331. The predicted molar refractivity (Wildman–Crippen MR) is 106 cm³/mol. The van der Waals surface area contributed by atoms with Crippen molar-refractivity contribution in [2.75, 3.05) is 0 Å². The molecule has 1 aromatic carbocycles. The van der Waals surface area contributed by atoms with Crippen molar-refractivity contribution in [2.45, 2.75) is 26.7 Å². The van der Waals surface area contributed by atoms with Crippen LogP contribution in [0.15, 0.2) is 66.2 Å². The Morgan fingerprint density at radius 2 is 1.73 bits per heavy atom. The molecule has 0 bridgehead atoms. The van der Waals surface area contributed by atoms with Gasteiger partial charge in [0.25, 0.3) is 0 Å². The molecule has 0 aliphatic heterocycles. The van der Waals surface area contributed by atoms with Crippen LogP contribution in [-0.4, -0.2) is 5.78 Å². The molecule has 128 valence electrons. The van der Waals surface area contributed by atoms with Crippen LogP contribution in [0.3, 0.4) is 0 Å². The van der Waals surface area contributed by atoms with Crippen LogP contribution in [0.25, 0.3) is 17.2 Å². The fourth-order valence-corrected chi connectivity index (χ4v) is 3.13. The van der Waals surface area contributed by atoms with Gasteiger partial charge in [0, 0.05) is 5.56 Å². The minimum absolute atomic E-state index is 0.152. The van der Waals surface area contributed by atoms with Crippen molar-refractivity contribution in [3.8, 4) is 17.2 Å². The lowest BCUT2D eigenvalue weighted by Gasteiger charge is -2.04. The molecule has 0 amide bonds. The molecule has 1 aromatic rings. The van der Waals surface area contributed by atoms with Crippen molar-refractivity contribution in [3.63, 3.8) is 0 Å². The number of allylic oxidation sites excluding steroid dienone is 1. The molecule has 2 nitrogen and oxygen atoms in total. The lowest BCUT2D eigenvalue weighted by atomic mass is 9.99. The van der Waals surface area contributed by atoms with Crippen LogP contribution >= 0.6 is 0 Å². The number of fused-ring (bicyclic) bond motifs is 1. The highest BCUT2D eigenvalue weighted by Gasteiger charge is 2.21. The molecule has 2 aliphatic carbocycles. The molecule has 0 fully saturated rings. The molecule has 2 heteroatoms. The van der Waals surface area contributed by atoms with Crippen LogP contribution in [0.2, 0.25) is 0 Å². The monoisotopic (exact) mass is 339 g/mol. The maximum atomic E-state index is 13.0. The lowest BCUT2D eigenvalue weighted by molar-refractivity contribution is 0.104. The number of aryl methyl sites for hydroxylation is 1. The largest absolute Gasteiger partial charge is 0.288 e. The molecule has 0 N–H and O–H groups in total. The van der Waals surface area contributed by atoms with E-state index < -0.39 is 0 Å². The van der Waals surface area contributed by atoms with Crippen LogP contribution in [0.1, 0.15) is 46.8 Å². The summed E-state index contributed by atoms with van der Waals surface area (Å²) < 4.78 is 0. The van der Waals surface area contributed by atoms with Crippen molar-refractivity contribution in [1.29, 1.82) is 5.26 Å². The van der Waals surface area contributed by atoms with E-state index >= 15 is 0 Å². The van der Waals surface area contributed by atoms with Gasteiger partial charge < -0.3 is 0 Å². The van der Waals surface area contributed by atoms with Crippen molar-refractivity contribution in [3.05, 3.63) is 88.5 Å². The number of nitriles is 1. The Labute approximate surface area is 154 Å². The second-order valence-corrected chi connectivity index (χ2v) is 6.80. The number of ketones is 1. The van der Waals surface area contributed by atoms with Crippen molar-refractivity contribution in [2.24, 2.45) is 0 Å². The minimum Gasteiger partial charge on any atom is -0.288 e. The molecule has 2 aliphatic rings. The first-order valence-electron chi connectivity index (χ1n) is 8.76.